The van der Waals surface area contributed by atoms with E-state index in [9.17, 15) is 14.4 Å². The first-order valence-electron chi connectivity index (χ1n) is 8.72. The second kappa shape index (κ2) is 7.91. The molecule has 1 aliphatic carbocycles. The Balaban J connectivity index is 1.75. The molecule has 1 unspecified atom stereocenters. The van der Waals surface area contributed by atoms with E-state index in [-0.39, 0.29) is 11.8 Å². The summed E-state index contributed by atoms with van der Waals surface area (Å²) >= 11 is 1.40. The molecule has 0 saturated carbocycles. The quantitative estimate of drug-likeness (QED) is 0.758. The van der Waals surface area contributed by atoms with Crippen LogP contribution < -0.4 is 10.6 Å². The van der Waals surface area contributed by atoms with E-state index in [0.29, 0.717) is 16.3 Å². The molecule has 2 aromatic rings. The molecule has 0 bridgehead atoms. The summed E-state index contributed by atoms with van der Waals surface area (Å²) in [5, 5.41) is 9.39. The van der Waals surface area contributed by atoms with Gasteiger partial charge in [-0.15, -0.1) is 11.3 Å². The van der Waals surface area contributed by atoms with Crippen molar-refractivity contribution in [3.8, 4) is 0 Å². The number of nitrogens with one attached hydrogen (secondary N) is 2. The molecule has 0 spiro atoms. The molecule has 0 radical (unpaired) electrons. The summed E-state index contributed by atoms with van der Waals surface area (Å²) in [4.78, 5) is 37.6. The number of thiophene rings is 1. The molecule has 0 fully saturated rings. The largest absolute Gasteiger partial charge is 0.449 e. The standard InChI is InChI=1S/C18H21N3O5S/c1-9-8-14(26-21-9)20-16(23)10(2)25-18(24)15-12-6-4-5-7-13(12)27-17(15)19-11(3)22/h8,10H,4-7H2,1-3H3,(H,19,22)(H,20,23). The molecule has 2 heterocycles. The van der Waals surface area contributed by atoms with E-state index in [1.165, 1.54) is 25.2 Å². The van der Waals surface area contributed by atoms with E-state index in [2.05, 4.69) is 15.8 Å². The second-order valence-electron chi connectivity index (χ2n) is 6.47. The lowest BCUT2D eigenvalue weighted by Crippen LogP contribution is -2.30. The van der Waals surface area contributed by atoms with Crippen LogP contribution in [-0.4, -0.2) is 29.0 Å². The highest BCUT2D eigenvalue weighted by Gasteiger charge is 2.29. The number of carbonyl (C=O) groups excluding carboxylic acids is 3. The van der Waals surface area contributed by atoms with Gasteiger partial charge < -0.3 is 14.6 Å². The number of aromatic nitrogens is 1. The zero-order valence-corrected chi connectivity index (χ0v) is 16.2. The minimum absolute atomic E-state index is 0.187. The van der Waals surface area contributed by atoms with E-state index in [1.54, 1.807) is 13.0 Å². The van der Waals surface area contributed by atoms with Crippen molar-refractivity contribution in [1.82, 2.24) is 5.16 Å². The zero-order valence-electron chi connectivity index (χ0n) is 15.4. The van der Waals surface area contributed by atoms with Crippen molar-refractivity contribution >= 4 is 40.0 Å². The van der Waals surface area contributed by atoms with Gasteiger partial charge in [0, 0.05) is 17.9 Å². The van der Waals surface area contributed by atoms with Crippen LogP contribution in [0.5, 0.6) is 0 Å². The number of rotatable bonds is 5. The van der Waals surface area contributed by atoms with E-state index >= 15 is 0 Å². The van der Waals surface area contributed by atoms with Gasteiger partial charge in [-0.3, -0.25) is 14.9 Å². The van der Waals surface area contributed by atoms with Crippen LogP contribution in [0.15, 0.2) is 10.6 Å². The zero-order chi connectivity index (χ0) is 19.6. The van der Waals surface area contributed by atoms with Crippen molar-refractivity contribution in [1.29, 1.82) is 0 Å². The van der Waals surface area contributed by atoms with Crippen LogP contribution in [0.3, 0.4) is 0 Å². The fourth-order valence-electron chi connectivity index (χ4n) is 2.95. The van der Waals surface area contributed by atoms with Gasteiger partial charge in [-0.2, -0.15) is 0 Å². The molecule has 0 saturated heterocycles. The minimum Gasteiger partial charge on any atom is -0.449 e. The molecule has 2 amide bonds. The molecular weight excluding hydrogens is 370 g/mol. The Morgan fingerprint density at radius 1 is 1.26 bits per heavy atom. The smallest absolute Gasteiger partial charge is 0.342 e. The molecule has 144 valence electrons. The van der Waals surface area contributed by atoms with Gasteiger partial charge >= 0.3 is 5.97 Å². The van der Waals surface area contributed by atoms with Gasteiger partial charge in [-0.05, 0) is 45.1 Å². The van der Waals surface area contributed by atoms with Crippen LogP contribution in [0.25, 0.3) is 0 Å². The van der Waals surface area contributed by atoms with Crippen molar-refractivity contribution in [2.75, 3.05) is 10.6 Å². The predicted octanol–water partition coefficient (Wildman–Crippen LogP) is 3.07. The first-order chi connectivity index (χ1) is 12.8. The highest BCUT2D eigenvalue weighted by molar-refractivity contribution is 7.17. The van der Waals surface area contributed by atoms with Gasteiger partial charge in [-0.25, -0.2) is 4.79 Å². The van der Waals surface area contributed by atoms with Crippen LogP contribution in [0, 0.1) is 6.92 Å². The average Bonchev–Trinajstić information content (AvgIpc) is 3.16. The summed E-state index contributed by atoms with van der Waals surface area (Å²) in [6.45, 7) is 4.60. The van der Waals surface area contributed by atoms with Crippen molar-refractivity contribution in [2.45, 2.75) is 52.6 Å². The first-order valence-corrected chi connectivity index (χ1v) is 9.54. The summed E-state index contributed by atoms with van der Waals surface area (Å²) in [5.74, 6) is -1.21. The van der Waals surface area contributed by atoms with Gasteiger partial charge in [0.2, 0.25) is 11.8 Å². The number of anilines is 2. The molecule has 3 rings (SSSR count). The second-order valence-corrected chi connectivity index (χ2v) is 7.57. The number of amides is 2. The number of esters is 1. The highest BCUT2D eigenvalue weighted by atomic mass is 32.1. The summed E-state index contributed by atoms with van der Waals surface area (Å²) in [6, 6.07) is 1.57. The third kappa shape index (κ3) is 4.36. The number of hydrogen-bond acceptors (Lipinski definition) is 7. The predicted molar refractivity (Wildman–Crippen MR) is 100 cm³/mol. The molecular formula is C18H21N3O5S. The summed E-state index contributed by atoms with van der Waals surface area (Å²) in [7, 11) is 0. The highest BCUT2D eigenvalue weighted by Crippen LogP contribution is 2.38. The van der Waals surface area contributed by atoms with E-state index < -0.39 is 18.0 Å². The van der Waals surface area contributed by atoms with Gasteiger partial charge in [0.25, 0.3) is 5.91 Å². The lowest BCUT2D eigenvalue weighted by atomic mass is 9.95. The number of aryl methyl sites for hydroxylation is 2. The average molecular weight is 391 g/mol. The van der Waals surface area contributed by atoms with E-state index in [1.807, 2.05) is 0 Å². The first kappa shape index (κ1) is 19.1. The Bertz CT molecular complexity index is 886. The molecule has 8 nitrogen and oxygen atoms in total. The fraction of sp³-hybridized carbons (Fsp3) is 0.444. The Hall–Kier alpha value is -2.68. The molecule has 1 aliphatic rings. The molecule has 1 atom stereocenters. The number of nitrogens with zero attached hydrogens (tertiary/aromatic N) is 1. The van der Waals surface area contributed by atoms with Crippen LogP contribution in [0.1, 0.15) is 53.2 Å². The summed E-state index contributed by atoms with van der Waals surface area (Å²) in [6.07, 6.45) is 2.63. The minimum atomic E-state index is -1.03. The Morgan fingerprint density at radius 3 is 2.67 bits per heavy atom. The van der Waals surface area contributed by atoms with E-state index in [4.69, 9.17) is 9.26 Å². The van der Waals surface area contributed by atoms with Gasteiger partial charge in [0.15, 0.2) is 6.10 Å². The molecule has 0 aliphatic heterocycles. The van der Waals surface area contributed by atoms with Crippen molar-refractivity contribution in [2.24, 2.45) is 0 Å². The fourth-order valence-corrected chi connectivity index (χ4v) is 4.27. The van der Waals surface area contributed by atoms with Crippen LogP contribution >= 0.6 is 11.3 Å². The maximum absolute atomic E-state index is 12.8. The number of fused-ring (bicyclic) bond motifs is 1. The topological polar surface area (TPSA) is 111 Å². The lowest BCUT2D eigenvalue weighted by Gasteiger charge is -2.15. The summed E-state index contributed by atoms with van der Waals surface area (Å²) in [5.41, 5.74) is 1.90. The Kier molecular flexibility index (Phi) is 5.59. The Morgan fingerprint density at radius 2 is 2.00 bits per heavy atom. The monoisotopic (exact) mass is 391 g/mol. The van der Waals surface area contributed by atoms with Crippen LogP contribution in [-0.2, 0) is 27.2 Å². The van der Waals surface area contributed by atoms with Crippen LogP contribution in [0.2, 0.25) is 0 Å². The van der Waals surface area contributed by atoms with Gasteiger partial charge in [0.1, 0.15) is 5.00 Å². The maximum atomic E-state index is 12.8. The van der Waals surface area contributed by atoms with Crippen LogP contribution in [0.4, 0.5) is 10.9 Å². The SMILES string of the molecule is CC(=O)Nc1sc2c(c1C(=O)OC(C)C(=O)Nc1cc(C)no1)CCCC2. The van der Waals surface area contributed by atoms with Crippen molar-refractivity contribution in [3.63, 3.8) is 0 Å². The lowest BCUT2D eigenvalue weighted by molar-refractivity contribution is -0.124. The summed E-state index contributed by atoms with van der Waals surface area (Å²) < 4.78 is 10.3. The number of carbonyl (C=O) groups is 3. The third-order valence-electron chi connectivity index (χ3n) is 4.19. The number of hydrogen-bond donors (Lipinski definition) is 2. The number of ether oxygens (including phenoxy) is 1. The molecule has 0 aromatic carbocycles. The third-order valence-corrected chi connectivity index (χ3v) is 5.40. The maximum Gasteiger partial charge on any atom is 0.342 e. The molecule has 2 aromatic heterocycles. The Labute approximate surface area is 160 Å². The molecule has 2 N–H and O–H groups in total. The molecule has 27 heavy (non-hydrogen) atoms. The van der Waals surface area contributed by atoms with Crippen molar-refractivity contribution < 1.29 is 23.6 Å². The van der Waals surface area contributed by atoms with Crippen molar-refractivity contribution in [3.05, 3.63) is 27.8 Å². The normalized spacial score (nSPS) is 14.2. The molecule has 9 heteroatoms. The van der Waals surface area contributed by atoms with E-state index in [0.717, 1.165) is 36.1 Å². The van der Waals surface area contributed by atoms with Gasteiger partial charge in [0.05, 0.1) is 11.3 Å². The van der Waals surface area contributed by atoms with Gasteiger partial charge in [-0.1, -0.05) is 5.16 Å².